The smallest absolute Gasteiger partial charge is 0.307 e. The number of fused-ring (bicyclic) bond motifs is 3. The molecule has 2 unspecified atom stereocenters. The number of hydrogen-bond acceptors (Lipinski definition) is 5. The van der Waals surface area contributed by atoms with Crippen LogP contribution in [0.1, 0.15) is 60.8 Å². The number of nitrogens with one attached hydrogen (secondary N) is 1. The van der Waals surface area contributed by atoms with E-state index in [0.717, 1.165) is 42.7 Å². The highest BCUT2D eigenvalue weighted by Crippen LogP contribution is 2.47. The number of carbonyl (C=O) groups is 1. The molecule has 3 aliphatic rings. The maximum atomic E-state index is 11.8. The van der Waals surface area contributed by atoms with Crippen molar-refractivity contribution in [1.82, 2.24) is 0 Å². The van der Waals surface area contributed by atoms with Crippen molar-refractivity contribution in [3.8, 4) is 16.9 Å². The summed E-state index contributed by atoms with van der Waals surface area (Å²) in [5, 5.41) is 12.7. The van der Waals surface area contributed by atoms with Crippen molar-refractivity contribution < 1.29 is 23.1 Å². The molecule has 210 valence electrons. The van der Waals surface area contributed by atoms with Gasteiger partial charge < -0.3 is 15.2 Å². The summed E-state index contributed by atoms with van der Waals surface area (Å²) < 4.78 is 29.9. The third-order valence-corrected chi connectivity index (χ3v) is 10.6. The van der Waals surface area contributed by atoms with Gasteiger partial charge >= 0.3 is 5.97 Å². The van der Waals surface area contributed by atoms with Crippen LogP contribution in [-0.2, 0) is 34.0 Å². The van der Waals surface area contributed by atoms with Gasteiger partial charge in [0.1, 0.15) is 15.6 Å². The van der Waals surface area contributed by atoms with Crippen LogP contribution in [0.2, 0.25) is 0 Å². The molecule has 1 saturated heterocycles. The largest absolute Gasteiger partial charge is 0.493 e. The lowest BCUT2D eigenvalue weighted by molar-refractivity contribution is -0.138. The normalized spacial score (nSPS) is 22.3. The Labute approximate surface area is 236 Å². The van der Waals surface area contributed by atoms with E-state index in [1.54, 1.807) is 0 Å². The van der Waals surface area contributed by atoms with Crippen LogP contribution >= 0.6 is 0 Å². The minimum atomic E-state index is -2.89. The number of carboxylic acids is 1. The molecule has 1 aliphatic heterocycles. The maximum Gasteiger partial charge on any atom is 0.307 e. The number of benzene rings is 3. The molecule has 7 heteroatoms. The molecule has 2 atom stereocenters. The Morgan fingerprint density at radius 1 is 0.975 bits per heavy atom. The van der Waals surface area contributed by atoms with E-state index in [-0.39, 0.29) is 28.8 Å². The number of hydrogen-bond donors (Lipinski definition) is 2. The molecule has 1 saturated carbocycles. The molecule has 0 amide bonds. The van der Waals surface area contributed by atoms with Crippen molar-refractivity contribution in [1.29, 1.82) is 0 Å². The minimum absolute atomic E-state index is 0.105. The molecule has 2 fully saturated rings. The molecule has 40 heavy (non-hydrogen) atoms. The Balaban J connectivity index is 1.12. The highest BCUT2D eigenvalue weighted by Gasteiger charge is 2.44. The van der Waals surface area contributed by atoms with Crippen LogP contribution in [0.25, 0.3) is 11.1 Å². The van der Waals surface area contributed by atoms with Crippen molar-refractivity contribution in [2.45, 2.75) is 57.9 Å². The van der Waals surface area contributed by atoms with Gasteiger partial charge in [-0.1, -0.05) is 37.3 Å². The molecule has 6 rings (SSSR count). The van der Waals surface area contributed by atoms with Crippen LogP contribution in [-0.4, -0.2) is 37.6 Å². The van der Waals surface area contributed by atoms with Gasteiger partial charge in [-0.2, -0.15) is 0 Å². The quantitative estimate of drug-likeness (QED) is 0.340. The average Bonchev–Trinajstić information content (AvgIpc) is 3.77. The fraction of sp³-hybridized carbons (Fsp3) is 0.424. The zero-order valence-corrected chi connectivity index (χ0v) is 23.8. The average molecular weight is 560 g/mol. The van der Waals surface area contributed by atoms with Gasteiger partial charge in [-0.3, -0.25) is 4.79 Å². The molecule has 2 N–H and O–H groups in total. The maximum absolute atomic E-state index is 11.8. The Hall–Kier alpha value is -3.32. The van der Waals surface area contributed by atoms with Crippen LogP contribution in [0.4, 0.5) is 5.69 Å². The molecule has 3 aromatic carbocycles. The molecule has 0 spiro atoms. The van der Waals surface area contributed by atoms with Crippen LogP contribution in [0, 0.1) is 11.3 Å². The Bertz CT molecular complexity index is 1510. The van der Waals surface area contributed by atoms with E-state index < -0.39 is 15.8 Å². The molecule has 0 radical (unpaired) electrons. The predicted octanol–water partition coefficient (Wildman–Crippen LogP) is 6.24. The summed E-state index contributed by atoms with van der Waals surface area (Å²) in [6, 6.07) is 21.3. The highest BCUT2D eigenvalue weighted by atomic mass is 32.2. The van der Waals surface area contributed by atoms with E-state index in [4.69, 9.17) is 4.74 Å². The van der Waals surface area contributed by atoms with Gasteiger partial charge in [0.15, 0.2) is 0 Å². The van der Waals surface area contributed by atoms with Crippen molar-refractivity contribution in [3.63, 3.8) is 0 Å². The molecular formula is C33H37NO5S. The van der Waals surface area contributed by atoms with E-state index in [1.165, 1.54) is 27.8 Å². The van der Waals surface area contributed by atoms with E-state index in [9.17, 15) is 18.3 Å². The second-order valence-electron chi connectivity index (χ2n) is 12.2. The first-order valence-corrected chi connectivity index (χ1v) is 16.2. The summed E-state index contributed by atoms with van der Waals surface area (Å²) in [5.41, 5.74) is 8.45. The van der Waals surface area contributed by atoms with Gasteiger partial charge in [0.05, 0.1) is 24.0 Å². The second-order valence-corrected chi connectivity index (χ2v) is 14.5. The number of rotatable bonds is 8. The number of anilines is 1. The zero-order chi connectivity index (χ0) is 27.9. The summed E-state index contributed by atoms with van der Waals surface area (Å²) in [5.74, 6) is 0.586. The first kappa shape index (κ1) is 26.9. The molecular weight excluding hydrogens is 522 g/mol. The Morgan fingerprint density at radius 3 is 2.45 bits per heavy atom. The lowest BCUT2D eigenvalue weighted by atomic mass is 9.85. The van der Waals surface area contributed by atoms with E-state index in [2.05, 4.69) is 48.6 Å². The molecule has 2 aliphatic carbocycles. The van der Waals surface area contributed by atoms with Crippen molar-refractivity contribution in [2.75, 3.05) is 23.4 Å². The molecule has 1 heterocycles. The third-order valence-electron chi connectivity index (χ3n) is 9.00. The Morgan fingerprint density at radius 2 is 1.73 bits per heavy atom. The summed E-state index contributed by atoms with van der Waals surface area (Å²) >= 11 is 0. The molecule has 0 aromatic heterocycles. The second kappa shape index (κ2) is 10.6. The Kier molecular flexibility index (Phi) is 7.11. The number of ether oxygens (including phenoxy) is 1. The number of sulfone groups is 1. The topological polar surface area (TPSA) is 92.7 Å². The molecule has 3 aromatic rings. The van der Waals surface area contributed by atoms with E-state index in [1.807, 2.05) is 24.3 Å². The van der Waals surface area contributed by atoms with Gasteiger partial charge in [-0.05, 0) is 108 Å². The van der Waals surface area contributed by atoms with Gasteiger partial charge in [0.25, 0.3) is 0 Å². The van der Waals surface area contributed by atoms with Gasteiger partial charge in [-0.25, -0.2) is 8.42 Å². The standard InChI is InChI=1S/C33H37NO5S/c1-33(13-15-40(37,38)16-14-33)21-39-27-11-12-28-25(18-27)4-2-3-23-6-5-22(17-29(23)28)20-34-26-9-7-24(8-10-26)30-19-31(30)32(35)36/h5-12,17-18,30-31,34H,2-4,13-16,19-21H2,1H3,(H,35,36). The number of aryl methyl sites for hydroxylation is 2. The first-order chi connectivity index (χ1) is 19.2. The SMILES string of the molecule is CC1(COc2ccc3c(c2)CCCc2ccc(CNc4ccc(C5CC5C(=O)O)cc4)cc2-3)CCS(=O)(=O)CC1. The van der Waals surface area contributed by atoms with Crippen molar-refractivity contribution >= 4 is 21.5 Å². The fourth-order valence-corrected chi connectivity index (χ4v) is 7.93. The predicted molar refractivity (Wildman–Crippen MR) is 158 cm³/mol. The molecule has 6 nitrogen and oxygen atoms in total. The van der Waals surface area contributed by atoms with E-state index in [0.29, 0.717) is 26.0 Å². The summed E-state index contributed by atoms with van der Waals surface area (Å²) in [7, 11) is -2.89. The van der Waals surface area contributed by atoms with Crippen molar-refractivity contribution in [2.24, 2.45) is 11.3 Å². The summed E-state index contributed by atoms with van der Waals surface area (Å²) in [6.07, 6.45) is 5.17. The zero-order valence-electron chi connectivity index (χ0n) is 23.0. The minimum Gasteiger partial charge on any atom is -0.493 e. The van der Waals surface area contributed by atoms with Crippen LogP contribution in [0.5, 0.6) is 5.75 Å². The van der Waals surface area contributed by atoms with Crippen LogP contribution in [0.3, 0.4) is 0 Å². The van der Waals surface area contributed by atoms with Crippen molar-refractivity contribution in [3.05, 3.63) is 82.9 Å². The lowest BCUT2D eigenvalue weighted by Crippen LogP contribution is -2.35. The third kappa shape index (κ3) is 5.90. The number of carboxylic acid groups (broad SMARTS) is 1. The van der Waals surface area contributed by atoms with Crippen LogP contribution < -0.4 is 10.1 Å². The van der Waals surface area contributed by atoms with Gasteiger partial charge in [0, 0.05) is 17.6 Å². The molecule has 0 bridgehead atoms. The highest BCUT2D eigenvalue weighted by molar-refractivity contribution is 7.91. The number of aliphatic carboxylic acids is 1. The van der Waals surface area contributed by atoms with Gasteiger partial charge in [0.2, 0.25) is 0 Å². The summed E-state index contributed by atoms with van der Waals surface area (Å²) in [4.78, 5) is 11.2. The monoisotopic (exact) mass is 559 g/mol. The first-order valence-electron chi connectivity index (χ1n) is 14.3. The summed E-state index contributed by atoms with van der Waals surface area (Å²) in [6.45, 7) is 3.38. The lowest BCUT2D eigenvalue weighted by Gasteiger charge is -2.33. The van der Waals surface area contributed by atoms with Gasteiger partial charge in [-0.15, -0.1) is 0 Å². The van der Waals surface area contributed by atoms with Crippen LogP contribution in [0.15, 0.2) is 60.7 Å². The van der Waals surface area contributed by atoms with E-state index >= 15 is 0 Å². The fourth-order valence-electron chi connectivity index (χ4n) is 6.12.